The van der Waals surface area contributed by atoms with Crippen LogP contribution < -0.4 is 0 Å². The van der Waals surface area contributed by atoms with Gasteiger partial charge in [-0.2, -0.15) is 0 Å². The van der Waals surface area contributed by atoms with E-state index < -0.39 is 12.0 Å². The maximum atomic E-state index is 11.7. The van der Waals surface area contributed by atoms with Crippen LogP contribution in [-0.4, -0.2) is 25.0 Å². The van der Waals surface area contributed by atoms with Crippen molar-refractivity contribution in [2.75, 3.05) is 6.61 Å². The number of hydrogen-bond acceptors (Lipinski definition) is 4. The highest BCUT2D eigenvalue weighted by Crippen LogP contribution is 2.15. The molecular formula is C15H20O4. The van der Waals surface area contributed by atoms with E-state index in [2.05, 4.69) is 0 Å². The van der Waals surface area contributed by atoms with Crippen LogP contribution in [-0.2, 0) is 25.7 Å². The molecule has 0 saturated heterocycles. The number of aldehydes is 1. The van der Waals surface area contributed by atoms with Crippen molar-refractivity contribution in [2.45, 2.75) is 33.0 Å². The first-order chi connectivity index (χ1) is 9.22. The second kappa shape index (κ2) is 8.43. The lowest BCUT2D eigenvalue weighted by atomic mass is 10.0. The van der Waals surface area contributed by atoms with E-state index in [1.54, 1.807) is 6.92 Å². The molecular weight excluding hydrogens is 244 g/mol. The predicted octanol–water partition coefficient (Wildman–Crippen LogP) is 2.36. The van der Waals surface area contributed by atoms with E-state index in [4.69, 9.17) is 9.47 Å². The van der Waals surface area contributed by atoms with Gasteiger partial charge in [0.15, 0.2) is 0 Å². The van der Waals surface area contributed by atoms with E-state index in [1.807, 2.05) is 37.3 Å². The van der Waals surface area contributed by atoms with Gasteiger partial charge in [-0.3, -0.25) is 4.79 Å². The summed E-state index contributed by atoms with van der Waals surface area (Å²) in [5.74, 6) is -0.920. The molecule has 104 valence electrons. The molecule has 1 rings (SSSR count). The van der Waals surface area contributed by atoms with E-state index in [0.717, 1.165) is 5.56 Å². The van der Waals surface area contributed by atoms with Gasteiger partial charge < -0.3 is 14.3 Å². The van der Waals surface area contributed by atoms with Gasteiger partial charge in [0.05, 0.1) is 19.1 Å². The molecule has 0 N–H and O–H groups in total. The van der Waals surface area contributed by atoms with Crippen molar-refractivity contribution in [3.8, 4) is 0 Å². The maximum absolute atomic E-state index is 11.7. The second-order valence-corrected chi connectivity index (χ2v) is 4.16. The van der Waals surface area contributed by atoms with Gasteiger partial charge in [-0.05, 0) is 18.9 Å². The summed E-state index contributed by atoms with van der Waals surface area (Å²) in [7, 11) is 0. The average molecular weight is 264 g/mol. The number of carbonyl (C=O) groups excluding carboxylic acids is 2. The molecule has 19 heavy (non-hydrogen) atoms. The number of hydrogen-bond donors (Lipinski definition) is 0. The Labute approximate surface area is 113 Å². The number of esters is 1. The summed E-state index contributed by atoms with van der Waals surface area (Å²) >= 11 is 0. The Morgan fingerprint density at radius 2 is 1.95 bits per heavy atom. The summed E-state index contributed by atoms with van der Waals surface area (Å²) in [6, 6.07) is 9.53. The molecule has 0 aliphatic carbocycles. The molecule has 0 bridgehead atoms. The van der Waals surface area contributed by atoms with Gasteiger partial charge in [-0.25, -0.2) is 0 Å². The van der Waals surface area contributed by atoms with Gasteiger partial charge in [0.2, 0.25) is 0 Å². The van der Waals surface area contributed by atoms with Crippen molar-refractivity contribution in [3.05, 3.63) is 35.9 Å². The fourth-order valence-corrected chi connectivity index (χ4v) is 1.80. The Balaban J connectivity index is 2.60. The lowest BCUT2D eigenvalue weighted by Gasteiger charge is -2.20. The first-order valence-corrected chi connectivity index (χ1v) is 6.50. The molecule has 1 aromatic rings. The zero-order valence-corrected chi connectivity index (χ0v) is 11.4. The molecule has 4 nitrogen and oxygen atoms in total. The number of ether oxygens (including phenoxy) is 2. The Hall–Kier alpha value is -1.68. The van der Waals surface area contributed by atoms with Gasteiger partial charge in [-0.1, -0.05) is 37.3 Å². The minimum absolute atomic E-state index is 0.305. The minimum atomic E-state index is -0.760. The third-order valence-corrected chi connectivity index (χ3v) is 2.85. The molecule has 0 saturated carbocycles. The van der Waals surface area contributed by atoms with Gasteiger partial charge in [-0.15, -0.1) is 0 Å². The molecule has 1 aromatic carbocycles. The van der Waals surface area contributed by atoms with Crippen molar-refractivity contribution in [3.63, 3.8) is 0 Å². The summed E-state index contributed by atoms with van der Waals surface area (Å²) < 4.78 is 10.5. The van der Waals surface area contributed by atoms with Crippen molar-refractivity contribution >= 4 is 12.3 Å². The van der Waals surface area contributed by atoms with Crippen LogP contribution in [0.15, 0.2) is 30.3 Å². The minimum Gasteiger partial charge on any atom is -0.466 e. The van der Waals surface area contributed by atoms with Crippen molar-refractivity contribution in [1.82, 2.24) is 0 Å². The molecule has 0 amide bonds. The topological polar surface area (TPSA) is 52.6 Å². The van der Waals surface area contributed by atoms with E-state index in [1.165, 1.54) is 0 Å². The molecule has 0 heterocycles. The van der Waals surface area contributed by atoms with Gasteiger partial charge in [0, 0.05) is 0 Å². The molecule has 4 heteroatoms. The van der Waals surface area contributed by atoms with Crippen molar-refractivity contribution in [2.24, 2.45) is 5.92 Å². The Morgan fingerprint density at radius 3 is 2.47 bits per heavy atom. The zero-order chi connectivity index (χ0) is 14.1. The standard InChI is InChI=1S/C15H20O4/c1-3-13(15(17)18-4-2)14(10-16)19-11-12-8-6-5-7-9-12/h5-10,13-14H,3-4,11H2,1-2H3. The zero-order valence-electron chi connectivity index (χ0n) is 11.4. The largest absolute Gasteiger partial charge is 0.466 e. The first-order valence-electron chi connectivity index (χ1n) is 6.50. The van der Waals surface area contributed by atoms with E-state index in [-0.39, 0.29) is 5.97 Å². The summed E-state index contributed by atoms with van der Waals surface area (Å²) in [6.07, 6.45) is 0.426. The van der Waals surface area contributed by atoms with Gasteiger partial charge >= 0.3 is 5.97 Å². The van der Waals surface area contributed by atoms with Crippen molar-refractivity contribution < 1.29 is 19.1 Å². The fraction of sp³-hybridized carbons (Fsp3) is 0.467. The summed E-state index contributed by atoms with van der Waals surface area (Å²) in [5, 5.41) is 0. The Bertz CT molecular complexity index is 388. The van der Waals surface area contributed by atoms with E-state index >= 15 is 0 Å². The van der Waals surface area contributed by atoms with Crippen molar-refractivity contribution in [1.29, 1.82) is 0 Å². The van der Waals surface area contributed by atoms with Crippen LogP contribution >= 0.6 is 0 Å². The van der Waals surface area contributed by atoms with Crippen LogP contribution in [0.3, 0.4) is 0 Å². The fourth-order valence-electron chi connectivity index (χ4n) is 1.80. The highest BCUT2D eigenvalue weighted by atomic mass is 16.5. The third-order valence-electron chi connectivity index (χ3n) is 2.85. The number of rotatable bonds is 8. The molecule has 0 radical (unpaired) electrons. The smallest absolute Gasteiger partial charge is 0.312 e. The predicted molar refractivity (Wildman–Crippen MR) is 71.5 cm³/mol. The van der Waals surface area contributed by atoms with Gasteiger partial charge in [0.25, 0.3) is 0 Å². The van der Waals surface area contributed by atoms with Crippen LogP contribution in [0.25, 0.3) is 0 Å². The summed E-state index contributed by atoms with van der Waals surface area (Å²) in [5.41, 5.74) is 0.966. The average Bonchev–Trinajstić information content (AvgIpc) is 2.44. The maximum Gasteiger partial charge on any atom is 0.312 e. The SMILES string of the molecule is CCOC(=O)C(CC)C(C=O)OCc1ccccc1. The molecule has 0 spiro atoms. The molecule has 2 atom stereocenters. The highest BCUT2D eigenvalue weighted by Gasteiger charge is 2.28. The third kappa shape index (κ3) is 4.83. The van der Waals surface area contributed by atoms with E-state index in [9.17, 15) is 9.59 Å². The quantitative estimate of drug-likeness (QED) is 0.534. The number of benzene rings is 1. The lowest BCUT2D eigenvalue weighted by molar-refractivity contribution is -0.156. The van der Waals surface area contributed by atoms with Crippen LogP contribution in [0.4, 0.5) is 0 Å². The summed E-state index contributed by atoms with van der Waals surface area (Å²) in [6.45, 7) is 4.19. The first kappa shape index (κ1) is 15.4. The normalized spacial score (nSPS) is 13.6. The second-order valence-electron chi connectivity index (χ2n) is 4.16. The molecule has 0 aromatic heterocycles. The van der Waals surface area contributed by atoms with E-state index in [0.29, 0.717) is 25.9 Å². The van der Waals surface area contributed by atoms with Crippen LogP contribution in [0, 0.1) is 5.92 Å². The Kier molecular flexibility index (Phi) is 6.82. The van der Waals surface area contributed by atoms with Crippen LogP contribution in [0.2, 0.25) is 0 Å². The number of carbonyl (C=O) groups is 2. The Morgan fingerprint density at radius 1 is 1.26 bits per heavy atom. The molecule has 0 aliphatic rings. The van der Waals surface area contributed by atoms with Gasteiger partial charge in [0.1, 0.15) is 12.4 Å². The molecule has 0 fully saturated rings. The lowest BCUT2D eigenvalue weighted by Crippen LogP contribution is -2.33. The monoisotopic (exact) mass is 264 g/mol. The molecule has 0 aliphatic heterocycles. The summed E-state index contributed by atoms with van der Waals surface area (Å²) in [4.78, 5) is 22.8. The van der Waals surface area contributed by atoms with Crippen LogP contribution in [0.5, 0.6) is 0 Å². The van der Waals surface area contributed by atoms with Crippen LogP contribution in [0.1, 0.15) is 25.8 Å². The molecule has 2 unspecified atom stereocenters. The highest BCUT2D eigenvalue weighted by molar-refractivity contribution is 5.77.